The van der Waals surface area contributed by atoms with Gasteiger partial charge in [-0.2, -0.15) is 0 Å². The van der Waals surface area contributed by atoms with Gasteiger partial charge in [-0.25, -0.2) is 0 Å². The molecule has 0 aromatic heterocycles. The third-order valence-electron chi connectivity index (χ3n) is 1.10. The summed E-state index contributed by atoms with van der Waals surface area (Å²) in [5.41, 5.74) is 5.28. The average Bonchev–Trinajstić information content (AvgIpc) is 1.65. The van der Waals surface area contributed by atoms with Gasteiger partial charge in [0.25, 0.3) is 0 Å². The molecule has 0 radical (unpaired) electrons. The number of nitrogens with two attached hydrogens (primary N) is 1. The molecule has 0 spiro atoms. The average molecular weight is 85.0 g/mol. The Morgan fingerprint density at radius 3 is 2.33 bits per heavy atom. The third-order valence-corrected chi connectivity index (χ3v) is 1.10. The lowest BCUT2D eigenvalue weighted by atomic mass is 9.77. The second-order valence-corrected chi connectivity index (χ2v) is 1.75. The van der Waals surface area contributed by atoms with Gasteiger partial charge >= 0.3 is 0 Å². The van der Waals surface area contributed by atoms with Crippen LogP contribution in [-0.4, -0.2) is 7.41 Å². The fourth-order valence-electron chi connectivity index (χ4n) is 0.167. The van der Waals surface area contributed by atoms with Crippen LogP contribution in [0.15, 0.2) is 0 Å². The highest BCUT2D eigenvalue weighted by atomic mass is 14.4. The lowest BCUT2D eigenvalue weighted by Gasteiger charge is -1.96. The minimum absolute atomic E-state index is 0.713. The molecule has 0 heterocycles. The molecule has 36 valence electrons. The van der Waals surface area contributed by atoms with E-state index in [4.69, 9.17) is 5.64 Å². The summed E-state index contributed by atoms with van der Waals surface area (Å²) in [7, 11) is 0.830. The summed E-state index contributed by atoms with van der Waals surface area (Å²) in [6.45, 7) is 4.30. The zero-order valence-electron chi connectivity index (χ0n) is 4.57. The van der Waals surface area contributed by atoms with Gasteiger partial charge in [0.1, 0.15) is 0 Å². The van der Waals surface area contributed by atoms with Crippen LogP contribution in [0.1, 0.15) is 20.3 Å². The van der Waals surface area contributed by atoms with Crippen LogP contribution < -0.4 is 5.64 Å². The Bertz CT molecular complexity index is 26.7. The standard InChI is InChI=1S/C4H12BN/c1-3-4(2)5-6/h4-5H,3,6H2,1-2H3. The van der Waals surface area contributed by atoms with E-state index in [2.05, 4.69) is 13.8 Å². The Morgan fingerprint density at radius 1 is 1.83 bits per heavy atom. The molecular formula is C4H12BN. The molecule has 0 saturated carbocycles. The molecule has 0 amide bonds. The van der Waals surface area contributed by atoms with E-state index in [0.29, 0.717) is 5.82 Å². The van der Waals surface area contributed by atoms with E-state index in [9.17, 15) is 0 Å². The van der Waals surface area contributed by atoms with E-state index in [1.165, 1.54) is 6.42 Å². The molecule has 0 saturated heterocycles. The van der Waals surface area contributed by atoms with Crippen molar-refractivity contribution in [3.05, 3.63) is 0 Å². The van der Waals surface area contributed by atoms with E-state index in [0.717, 1.165) is 7.41 Å². The maximum Gasteiger partial charge on any atom is 0.201 e. The minimum atomic E-state index is 0.713. The van der Waals surface area contributed by atoms with Crippen LogP contribution in [0.2, 0.25) is 5.82 Å². The van der Waals surface area contributed by atoms with E-state index in [1.807, 2.05) is 0 Å². The Balaban J connectivity index is 2.75. The zero-order valence-corrected chi connectivity index (χ0v) is 4.57. The predicted octanol–water partition coefficient (Wildman–Crippen LogP) is 0.515. The molecule has 0 aliphatic heterocycles. The second kappa shape index (κ2) is 3.22. The molecule has 0 aliphatic rings. The van der Waals surface area contributed by atoms with Crippen LogP contribution in [0.3, 0.4) is 0 Å². The molecule has 0 aliphatic carbocycles. The van der Waals surface area contributed by atoms with Crippen molar-refractivity contribution in [2.75, 3.05) is 0 Å². The highest BCUT2D eigenvalue weighted by Crippen LogP contribution is 2.00. The smallest absolute Gasteiger partial charge is 0.201 e. The first kappa shape index (κ1) is 6.02. The van der Waals surface area contributed by atoms with Crippen molar-refractivity contribution in [2.45, 2.75) is 26.1 Å². The molecule has 0 fully saturated rings. The molecular weight excluding hydrogens is 72.9 g/mol. The molecule has 6 heavy (non-hydrogen) atoms. The molecule has 2 N–H and O–H groups in total. The number of hydrogen-bond donors (Lipinski definition) is 1. The monoisotopic (exact) mass is 85.1 g/mol. The number of hydrogen-bond acceptors (Lipinski definition) is 1. The third kappa shape index (κ3) is 2.27. The van der Waals surface area contributed by atoms with Gasteiger partial charge in [0.2, 0.25) is 7.41 Å². The summed E-state index contributed by atoms with van der Waals surface area (Å²) in [5, 5.41) is 0. The van der Waals surface area contributed by atoms with E-state index in [1.54, 1.807) is 0 Å². The molecule has 1 atom stereocenters. The summed E-state index contributed by atoms with van der Waals surface area (Å²) in [6, 6.07) is 0. The van der Waals surface area contributed by atoms with E-state index >= 15 is 0 Å². The Labute approximate surface area is 40.2 Å². The molecule has 0 bridgehead atoms. The highest BCUT2D eigenvalue weighted by Gasteiger charge is 1.92. The predicted molar refractivity (Wildman–Crippen MR) is 31.1 cm³/mol. The van der Waals surface area contributed by atoms with E-state index < -0.39 is 0 Å². The van der Waals surface area contributed by atoms with Crippen molar-refractivity contribution in [1.82, 2.24) is 0 Å². The van der Waals surface area contributed by atoms with Crippen LogP contribution in [0.4, 0.5) is 0 Å². The van der Waals surface area contributed by atoms with Gasteiger partial charge in [-0.3, -0.25) is 0 Å². The van der Waals surface area contributed by atoms with Gasteiger partial charge in [-0.1, -0.05) is 26.1 Å². The SMILES string of the molecule is CCC(C)BN. The maximum atomic E-state index is 5.28. The van der Waals surface area contributed by atoms with Gasteiger partial charge in [-0.15, -0.1) is 0 Å². The van der Waals surface area contributed by atoms with Crippen molar-refractivity contribution in [2.24, 2.45) is 5.64 Å². The summed E-state index contributed by atoms with van der Waals surface area (Å²) >= 11 is 0. The molecule has 1 nitrogen and oxygen atoms in total. The lowest BCUT2D eigenvalue weighted by molar-refractivity contribution is 0.867. The van der Waals surface area contributed by atoms with Crippen molar-refractivity contribution in [1.29, 1.82) is 0 Å². The van der Waals surface area contributed by atoms with Crippen LogP contribution in [0.25, 0.3) is 0 Å². The quantitative estimate of drug-likeness (QED) is 0.486. The van der Waals surface area contributed by atoms with Crippen molar-refractivity contribution >= 4 is 7.41 Å². The van der Waals surface area contributed by atoms with Crippen LogP contribution in [-0.2, 0) is 0 Å². The molecule has 0 aromatic carbocycles. The Kier molecular flexibility index (Phi) is 3.24. The highest BCUT2D eigenvalue weighted by molar-refractivity contribution is 6.32. The first-order chi connectivity index (χ1) is 2.81. The van der Waals surface area contributed by atoms with Crippen LogP contribution in [0, 0.1) is 0 Å². The first-order valence-electron chi connectivity index (χ1n) is 2.51. The maximum absolute atomic E-state index is 5.28. The fourth-order valence-corrected chi connectivity index (χ4v) is 0.167. The zero-order chi connectivity index (χ0) is 4.99. The molecule has 1 unspecified atom stereocenters. The summed E-state index contributed by atoms with van der Waals surface area (Å²) < 4.78 is 0. The van der Waals surface area contributed by atoms with E-state index in [-0.39, 0.29) is 0 Å². The number of rotatable bonds is 2. The van der Waals surface area contributed by atoms with Gasteiger partial charge in [0.05, 0.1) is 0 Å². The normalized spacial score (nSPS) is 13.8. The largest absolute Gasteiger partial charge is 0.373 e. The lowest BCUT2D eigenvalue weighted by Crippen LogP contribution is -2.09. The second-order valence-electron chi connectivity index (χ2n) is 1.75. The molecule has 2 heteroatoms. The van der Waals surface area contributed by atoms with Gasteiger partial charge < -0.3 is 5.64 Å². The fraction of sp³-hybridized carbons (Fsp3) is 1.00. The minimum Gasteiger partial charge on any atom is -0.373 e. The van der Waals surface area contributed by atoms with Gasteiger partial charge in [0, 0.05) is 0 Å². The molecule has 0 aromatic rings. The van der Waals surface area contributed by atoms with Gasteiger partial charge in [-0.05, 0) is 0 Å². The molecule has 0 rings (SSSR count). The van der Waals surface area contributed by atoms with Crippen molar-refractivity contribution < 1.29 is 0 Å². The first-order valence-corrected chi connectivity index (χ1v) is 2.51. The van der Waals surface area contributed by atoms with Gasteiger partial charge in [0.15, 0.2) is 0 Å². The Hall–Kier alpha value is 0.0249. The van der Waals surface area contributed by atoms with Crippen LogP contribution in [0.5, 0.6) is 0 Å². The summed E-state index contributed by atoms with van der Waals surface area (Å²) in [5.74, 6) is 0.713. The topological polar surface area (TPSA) is 26.0 Å². The summed E-state index contributed by atoms with van der Waals surface area (Å²) in [6.07, 6.45) is 1.20. The summed E-state index contributed by atoms with van der Waals surface area (Å²) in [4.78, 5) is 0. The van der Waals surface area contributed by atoms with Crippen molar-refractivity contribution in [3.8, 4) is 0 Å². The Morgan fingerprint density at radius 2 is 2.33 bits per heavy atom. The van der Waals surface area contributed by atoms with Crippen molar-refractivity contribution in [3.63, 3.8) is 0 Å². The van der Waals surface area contributed by atoms with Crippen LogP contribution >= 0.6 is 0 Å².